The summed E-state index contributed by atoms with van der Waals surface area (Å²) in [6, 6.07) is 10.9. The summed E-state index contributed by atoms with van der Waals surface area (Å²) in [6.45, 7) is 7.33. The van der Waals surface area contributed by atoms with Gasteiger partial charge in [-0.3, -0.25) is 9.69 Å². The maximum atomic E-state index is 13.6. The molecule has 0 bridgehead atoms. The van der Waals surface area contributed by atoms with Crippen molar-refractivity contribution in [2.24, 2.45) is 0 Å². The van der Waals surface area contributed by atoms with E-state index in [0.29, 0.717) is 46.0 Å². The lowest BCUT2D eigenvalue weighted by atomic mass is 10.2. The van der Waals surface area contributed by atoms with Crippen LogP contribution in [0.15, 0.2) is 36.4 Å². The van der Waals surface area contributed by atoms with E-state index in [1.165, 1.54) is 11.3 Å². The molecule has 7 nitrogen and oxygen atoms in total. The number of para-hydroxylation sites is 2. The Hall–Kier alpha value is -2.26. The molecule has 1 aliphatic rings. The second-order valence-corrected chi connectivity index (χ2v) is 8.69. The lowest BCUT2D eigenvalue weighted by molar-refractivity contribution is -0.127. The molecule has 2 heterocycles. The highest BCUT2D eigenvalue weighted by atomic mass is 35.5. The number of anilines is 1. The number of aromatic nitrogens is 1. The van der Waals surface area contributed by atoms with Crippen molar-refractivity contribution >= 4 is 56.6 Å². The monoisotopic (exact) mass is 511 g/mol. The van der Waals surface area contributed by atoms with Crippen molar-refractivity contribution in [1.29, 1.82) is 0 Å². The SMILES string of the molecule is CCN(CC)CCN(C(=O)C1COc2ccccc2O1)c1nc2c(OC)ccc(Cl)c2s1.Cl. The number of amides is 1. The largest absolute Gasteiger partial charge is 0.494 e. The molecule has 0 radical (unpaired) electrons. The maximum absolute atomic E-state index is 13.6. The molecule has 0 fully saturated rings. The topological polar surface area (TPSA) is 64.1 Å². The van der Waals surface area contributed by atoms with Gasteiger partial charge in [-0.25, -0.2) is 4.98 Å². The number of hydrogen-bond acceptors (Lipinski definition) is 7. The van der Waals surface area contributed by atoms with Crippen molar-refractivity contribution in [2.45, 2.75) is 20.0 Å². The maximum Gasteiger partial charge on any atom is 0.273 e. The van der Waals surface area contributed by atoms with Crippen LogP contribution in [0.2, 0.25) is 5.02 Å². The Morgan fingerprint density at radius 3 is 2.61 bits per heavy atom. The number of carbonyl (C=O) groups is 1. The van der Waals surface area contributed by atoms with Gasteiger partial charge in [0, 0.05) is 13.1 Å². The van der Waals surface area contributed by atoms with Crippen molar-refractivity contribution in [2.75, 3.05) is 44.8 Å². The summed E-state index contributed by atoms with van der Waals surface area (Å²) in [7, 11) is 1.59. The normalized spacial score (nSPS) is 14.8. The van der Waals surface area contributed by atoms with Gasteiger partial charge in [-0.2, -0.15) is 0 Å². The number of benzene rings is 2. The third-order valence-corrected chi connectivity index (χ3v) is 7.02. The molecule has 2 aromatic carbocycles. The standard InChI is InChI=1S/C23H26ClN3O4S.ClH/c1-4-26(5-2)12-13-27(22(28)19-14-30-16-8-6-7-9-17(16)31-19)23-25-20-18(29-3)11-10-15(24)21(20)32-23;/h6-11,19H,4-5,12-14H2,1-3H3;1H. The second kappa shape index (κ2) is 11.2. The number of thiazole rings is 1. The van der Waals surface area contributed by atoms with Crippen LogP contribution in [-0.4, -0.2) is 61.8 Å². The van der Waals surface area contributed by atoms with Gasteiger partial charge in [0.2, 0.25) is 6.10 Å². The smallest absolute Gasteiger partial charge is 0.273 e. The molecular formula is C23H27Cl2N3O4S. The van der Waals surface area contributed by atoms with Gasteiger partial charge in [-0.1, -0.05) is 48.9 Å². The van der Waals surface area contributed by atoms with Crippen LogP contribution in [0.4, 0.5) is 5.13 Å². The number of nitrogens with zero attached hydrogens (tertiary/aromatic N) is 3. The Labute approximate surface area is 208 Å². The predicted octanol–water partition coefficient (Wildman–Crippen LogP) is 4.89. The van der Waals surface area contributed by atoms with Crippen molar-refractivity contribution in [3.05, 3.63) is 41.4 Å². The van der Waals surface area contributed by atoms with Crippen LogP contribution in [0, 0.1) is 0 Å². The first-order chi connectivity index (χ1) is 15.5. The summed E-state index contributed by atoms with van der Waals surface area (Å²) in [5.41, 5.74) is 0.645. The minimum atomic E-state index is -0.758. The minimum absolute atomic E-state index is 0. The molecule has 1 unspecified atom stereocenters. The van der Waals surface area contributed by atoms with Crippen molar-refractivity contribution in [3.63, 3.8) is 0 Å². The predicted molar refractivity (Wildman–Crippen MR) is 135 cm³/mol. The van der Waals surface area contributed by atoms with E-state index in [0.717, 1.165) is 17.8 Å². The second-order valence-electron chi connectivity index (χ2n) is 7.30. The molecule has 10 heteroatoms. The number of methoxy groups -OCH3 is 1. The molecule has 3 aromatic rings. The molecule has 33 heavy (non-hydrogen) atoms. The lowest BCUT2D eigenvalue weighted by Gasteiger charge is -2.30. The Balaban J connectivity index is 0.00000306. The van der Waals surface area contributed by atoms with Crippen LogP contribution in [0.5, 0.6) is 17.2 Å². The third kappa shape index (κ3) is 5.30. The van der Waals surface area contributed by atoms with Gasteiger partial charge >= 0.3 is 0 Å². The van der Waals surface area contributed by atoms with E-state index in [1.54, 1.807) is 30.2 Å². The zero-order valence-electron chi connectivity index (χ0n) is 18.7. The fourth-order valence-electron chi connectivity index (χ4n) is 3.62. The molecule has 0 saturated carbocycles. The first kappa shape index (κ1) is 25.4. The molecule has 1 aliphatic heterocycles. The van der Waals surface area contributed by atoms with Crippen LogP contribution in [0.25, 0.3) is 10.2 Å². The first-order valence-electron chi connectivity index (χ1n) is 10.6. The van der Waals surface area contributed by atoms with E-state index in [4.69, 9.17) is 30.8 Å². The van der Waals surface area contributed by atoms with Gasteiger partial charge in [-0.05, 0) is 37.4 Å². The van der Waals surface area contributed by atoms with Crippen LogP contribution >= 0.6 is 35.3 Å². The average molecular weight is 512 g/mol. The molecule has 4 rings (SSSR count). The van der Waals surface area contributed by atoms with Gasteiger partial charge < -0.3 is 19.1 Å². The molecule has 178 valence electrons. The Morgan fingerprint density at radius 2 is 1.91 bits per heavy atom. The summed E-state index contributed by atoms with van der Waals surface area (Å²) < 4.78 is 18.0. The zero-order chi connectivity index (χ0) is 22.7. The van der Waals surface area contributed by atoms with Crippen LogP contribution in [0.3, 0.4) is 0 Å². The van der Waals surface area contributed by atoms with E-state index in [2.05, 4.69) is 18.7 Å². The van der Waals surface area contributed by atoms with E-state index in [-0.39, 0.29) is 24.9 Å². The Morgan fingerprint density at radius 1 is 1.18 bits per heavy atom. The number of ether oxygens (including phenoxy) is 3. The molecule has 0 aliphatic carbocycles. The number of rotatable bonds is 8. The van der Waals surface area contributed by atoms with Crippen LogP contribution in [-0.2, 0) is 4.79 Å². The highest BCUT2D eigenvalue weighted by Crippen LogP contribution is 2.39. The number of hydrogen-bond donors (Lipinski definition) is 0. The fraction of sp³-hybridized carbons (Fsp3) is 0.391. The number of fused-ring (bicyclic) bond motifs is 2. The average Bonchev–Trinajstić information content (AvgIpc) is 3.27. The number of carbonyl (C=O) groups excluding carboxylic acids is 1. The molecule has 1 atom stereocenters. The Bertz CT molecular complexity index is 1110. The quantitative estimate of drug-likeness (QED) is 0.428. The van der Waals surface area contributed by atoms with Crippen LogP contribution in [0.1, 0.15) is 13.8 Å². The van der Waals surface area contributed by atoms with E-state index in [9.17, 15) is 4.79 Å². The summed E-state index contributed by atoms with van der Waals surface area (Å²) >= 11 is 7.79. The van der Waals surface area contributed by atoms with Gasteiger partial charge in [0.1, 0.15) is 17.9 Å². The summed E-state index contributed by atoms with van der Waals surface area (Å²) in [5, 5.41) is 1.14. The van der Waals surface area contributed by atoms with Gasteiger partial charge in [0.05, 0.1) is 16.8 Å². The molecular weight excluding hydrogens is 485 g/mol. The molecule has 0 saturated heterocycles. The molecule has 0 N–H and O–H groups in total. The highest BCUT2D eigenvalue weighted by Gasteiger charge is 2.33. The first-order valence-corrected chi connectivity index (χ1v) is 11.8. The third-order valence-electron chi connectivity index (χ3n) is 5.48. The van der Waals surface area contributed by atoms with Gasteiger partial charge in [0.25, 0.3) is 5.91 Å². The summed E-state index contributed by atoms with van der Waals surface area (Å²) in [6.07, 6.45) is -0.758. The van der Waals surface area contributed by atoms with Gasteiger partial charge in [0.15, 0.2) is 16.6 Å². The molecule has 1 amide bonds. The van der Waals surface area contributed by atoms with Crippen LogP contribution < -0.4 is 19.1 Å². The fourth-order valence-corrected chi connectivity index (χ4v) is 4.91. The zero-order valence-corrected chi connectivity index (χ0v) is 21.1. The van der Waals surface area contributed by atoms with Crippen molar-refractivity contribution in [1.82, 2.24) is 9.88 Å². The van der Waals surface area contributed by atoms with E-state index < -0.39 is 6.10 Å². The minimum Gasteiger partial charge on any atom is -0.494 e. The van der Waals surface area contributed by atoms with E-state index >= 15 is 0 Å². The molecule has 0 spiro atoms. The lowest BCUT2D eigenvalue weighted by Crippen LogP contribution is -2.48. The van der Waals surface area contributed by atoms with E-state index in [1.807, 2.05) is 18.2 Å². The number of halogens is 2. The van der Waals surface area contributed by atoms with Gasteiger partial charge in [-0.15, -0.1) is 12.4 Å². The molecule has 1 aromatic heterocycles. The number of likely N-dealkylation sites (N-methyl/N-ethyl adjacent to an activating group) is 1. The summed E-state index contributed by atoms with van der Waals surface area (Å²) in [5.74, 6) is 1.63. The van der Waals surface area contributed by atoms with Crippen molar-refractivity contribution in [3.8, 4) is 17.2 Å². The van der Waals surface area contributed by atoms with Crippen molar-refractivity contribution < 1.29 is 19.0 Å². The Kier molecular flexibility index (Phi) is 8.64. The summed E-state index contributed by atoms with van der Waals surface area (Å²) in [4.78, 5) is 22.3. The highest BCUT2D eigenvalue weighted by molar-refractivity contribution is 7.23.